The number of aliphatic imine (C=N–C) groups is 1. The molecule has 1 atom stereocenters. The first-order chi connectivity index (χ1) is 9.35. The van der Waals surface area contributed by atoms with E-state index in [1.807, 2.05) is 32.7 Å². The van der Waals surface area contributed by atoms with Gasteiger partial charge in [0.05, 0.1) is 0 Å². The number of hydrogen-bond acceptors (Lipinski definition) is 3. The van der Waals surface area contributed by atoms with E-state index in [1.54, 1.807) is 7.05 Å². The standard InChI is InChI=1S/C14H28N4O2/c1-14(2,3)20-13(19)18-8-6-7-11(10-18)9-17-12(15-4)16-5/h11H,6-10H2,1-5H3,(H2,15,16,17)/t11-/m0/s1. The Bertz CT molecular complexity index is 350. The molecule has 116 valence electrons. The first-order valence-electron chi connectivity index (χ1n) is 7.22. The molecule has 0 radical (unpaired) electrons. The SMILES string of the molecule is CN=C(NC)NC[C@@H]1CCCN(C(=O)OC(C)(C)C)C1. The third-order valence-corrected chi connectivity index (χ3v) is 3.19. The minimum atomic E-state index is -0.434. The molecule has 1 aliphatic rings. The summed E-state index contributed by atoms with van der Waals surface area (Å²) < 4.78 is 5.42. The molecule has 0 bridgehead atoms. The Morgan fingerprint density at radius 1 is 1.45 bits per heavy atom. The van der Waals surface area contributed by atoms with Crippen LogP contribution in [0.15, 0.2) is 4.99 Å². The van der Waals surface area contributed by atoms with Gasteiger partial charge < -0.3 is 20.3 Å². The Hall–Kier alpha value is -1.46. The van der Waals surface area contributed by atoms with Crippen LogP contribution in [-0.2, 0) is 4.74 Å². The number of ether oxygens (including phenoxy) is 1. The zero-order valence-corrected chi connectivity index (χ0v) is 13.3. The topological polar surface area (TPSA) is 66.0 Å². The first kappa shape index (κ1) is 16.6. The third-order valence-electron chi connectivity index (χ3n) is 3.19. The zero-order chi connectivity index (χ0) is 15.2. The van der Waals surface area contributed by atoms with Crippen molar-refractivity contribution in [3.63, 3.8) is 0 Å². The largest absolute Gasteiger partial charge is 0.444 e. The van der Waals surface area contributed by atoms with Gasteiger partial charge in [0, 0.05) is 33.7 Å². The van der Waals surface area contributed by atoms with Crippen LogP contribution in [0.5, 0.6) is 0 Å². The molecule has 20 heavy (non-hydrogen) atoms. The third kappa shape index (κ3) is 5.67. The monoisotopic (exact) mass is 284 g/mol. The van der Waals surface area contributed by atoms with Crippen LogP contribution in [0.4, 0.5) is 4.79 Å². The van der Waals surface area contributed by atoms with Crippen LogP contribution < -0.4 is 10.6 Å². The maximum atomic E-state index is 12.1. The van der Waals surface area contributed by atoms with E-state index in [0.717, 1.165) is 38.4 Å². The summed E-state index contributed by atoms with van der Waals surface area (Å²) in [6.45, 7) is 8.02. The van der Waals surface area contributed by atoms with Crippen molar-refractivity contribution in [2.75, 3.05) is 33.7 Å². The lowest BCUT2D eigenvalue weighted by molar-refractivity contribution is 0.0168. The van der Waals surface area contributed by atoms with E-state index >= 15 is 0 Å². The number of likely N-dealkylation sites (tertiary alicyclic amines) is 1. The van der Waals surface area contributed by atoms with E-state index in [-0.39, 0.29) is 6.09 Å². The molecule has 2 N–H and O–H groups in total. The molecule has 0 aromatic carbocycles. The minimum Gasteiger partial charge on any atom is -0.444 e. The van der Waals surface area contributed by atoms with Crippen molar-refractivity contribution < 1.29 is 9.53 Å². The van der Waals surface area contributed by atoms with Crippen molar-refractivity contribution in [2.45, 2.75) is 39.2 Å². The van der Waals surface area contributed by atoms with E-state index < -0.39 is 5.60 Å². The highest BCUT2D eigenvalue weighted by Crippen LogP contribution is 2.18. The molecule has 1 rings (SSSR count). The summed E-state index contributed by atoms with van der Waals surface area (Å²) in [4.78, 5) is 17.9. The van der Waals surface area contributed by atoms with Gasteiger partial charge in [-0.25, -0.2) is 4.79 Å². The second kappa shape index (κ2) is 7.36. The van der Waals surface area contributed by atoms with E-state index in [4.69, 9.17) is 4.74 Å². The van der Waals surface area contributed by atoms with Gasteiger partial charge in [0.25, 0.3) is 0 Å². The summed E-state index contributed by atoms with van der Waals surface area (Å²) in [5.74, 6) is 1.21. The molecule has 0 unspecified atom stereocenters. The molecule has 1 amide bonds. The molecule has 0 aliphatic carbocycles. The summed E-state index contributed by atoms with van der Waals surface area (Å²) in [5, 5.41) is 6.25. The van der Waals surface area contributed by atoms with E-state index in [1.165, 1.54) is 0 Å². The van der Waals surface area contributed by atoms with Gasteiger partial charge in [0.15, 0.2) is 5.96 Å². The average Bonchev–Trinajstić information content (AvgIpc) is 2.38. The van der Waals surface area contributed by atoms with E-state index in [9.17, 15) is 4.79 Å². The van der Waals surface area contributed by atoms with Gasteiger partial charge >= 0.3 is 6.09 Å². The molecule has 0 saturated carbocycles. The zero-order valence-electron chi connectivity index (χ0n) is 13.3. The Labute approximate surface area is 122 Å². The first-order valence-corrected chi connectivity index (χ1v) is 7.22. The number of carbonyl (C=O) groups is 1. The quantitative estimate of drug-likeness (QED) is 0.595. The summed E-state index contributed by atoms with van der Waals surface area (Å²) in [6, 6.07) is 0. The van der Waals surface area contributed by atoms with Gasteiger partial charge in [-0.15, -0.1) is 0 Å². The van der Waals surface area contributed by atoms with Crippen molar-refractivity contribution in [3.8, 4) is 0 Å². The maximum absolute atomic E-state index is 12.1. The van der Waals surface area contributed by atoms with Crippen molar-refractivity contribution in [3.05, 3.63) is 0 Å². The van der Waals surface area contributed by atoms with Crippen LogP contribution in [0, 0.1) is 5.92 Å². The smallest absolute Gasteiger partial charge is 0.410 e. The van der Waals surface area contributed by atoms with Crippen molar-refractivity contribution in [1.82, 2.24) is 15.5 Å². The lowest BCUT2D eigenvalue weighted by Crippen LogP contribution is -2.46. The highest BCUT2D eigenvalue weighted by atomic mass is 16.6. The molecule has 1 fully saturated rings. The predicted octanol–water partition coefficient (Wildman–Crippen LogP) is 1.43. The molecule has 0 spiro atoms. The Kier molecular flexibility index (Phi) is 6.10. The van der Waals surface area contributed by atoms with Gasteiger partial charge in [-0.2, -0.15) is 0 Å². The fourth-order valence-electron chi connectivity index (χ4n) is 2.24. The number of nitrogens with zero attached hydrogens (tertiary/aromatic N) is 2. The lowest BCUT2D eigenvalue weighted by atomic mass is 9.98. The molecule has 1 aliphatic heterocycles. The molecule has 6 nitrogen and oxygen atoms in total. The molecule has 1 saturated heterocycles. The van der Waals surface area contributed by atoms with Crippen LogP contribution in [-0.4, -0.2) is 56.3 Å². The van der Waals surface area contributed by atoms with Gasteiger partial charge in [-0.05, 0) is 39.5 Å². The number of nitrogens with one attached hydrogen (secondary N) is 2. The highest BCUT2D eigenvalue weighted by Gasteiger charge is 2.27. The molecule has 1 heterocycles. The van der Waals surface area contributed by atoms with Crippen molar-refractivity contribution in [2.24, 2.45) is 10.9 Å². The number of rotatable bonds is 2. The van der Waals surface area contributed by atoms with Crippen LogP contribution in [0.25, 0.3) is 0 Å². The Balaban J connectivity index is 2.44. The van der Waals surface area contributed by atoms with Gasteiger partial charge in [-0.1, -0.05) is 0 Å². The summed E-state index contributed by atoms with van der Waals surface area (Å²) >= 11 is 0. The number of hydrogen-bond donors (Lipinski definition) is 2. The minimum absolute atomic E-state index is 0.208. The molecule has 0 aromatic rings. The maximum Gasteiger partial charge on any atom is 0.410 e. The predicted molar refractivity (Wildman–Crippen MR) is 81.0 cm³/mol. The number of carbonyl (C=O) groups excluding carboxylic acids is 1. The lowest BCUT2D eigenvalue weighted by Gasteiger charge is -2.34. The fourth-order valence-corrected chi connectivity index (χ4v) is 2.24. The normalized spacial score (nSPS) is 20.6. The molecule has 6 heteroatoms. The van der Waals surface area contributed by atoms with E-state index in [2.05, 4.69) is 15.6 Å². The summed E-state index contributed by atoms with van der Waals surface area (Å²) in [7, 11) is 3.58. The highest BCUT2D eigenvalue weighted by molar-refractivity contribution is 5.79. The second-order valence-corrected chi connectivity index (χ2v) is 6.14. The summed E-state index contributed by atoms with van der Waals surface area (Å²) in [6.07, 6.45) is 1.93. The van der Waals surface area contributed by atoms with Crippen molar-refractivity contribution >= 4 is 12.1 Å². The summed E-state index contributed by atoms with van der Waals surface area (Å²) in [5.41, 5.74) is -0.434. The van der Waals surface area contributed by atoms with Crippen LogP contribution >= 0.6 is 0 Å². The van der Waals surface area contributed by atoms with Crippen LogP contribution in [0.2, 0.25) is 0 Å². The van der Waals surface area contributed by atoms with Crippen molar-refractivity contribution in [1.29, 1.82) is 0 Å². The number of amides is 1. The van der Waals surface area contributed by atoms with Crippen LogP contribution in [0.1, 0.15) is 33.6 Å². The Morgan fingerprint density at radius 3 is 2.70 bits per heavy atom. The van der Waals surface area contributed by atoms with Gasteiger partial charge in [-0.3, -0.25) is 4.99 Å². The molecular weight excluding hydrogens is 256 g/mol. The second-order valence-electron chi connectivity index (χ2n) is 6.14. The Morgan fingerprint density at radius 2 is 2.15 bits per heavy atom. The van der Waals surface area contributed by atoms with Gasteiger partial charge in [0.1, 0.15) is 5.60 Å². The number of piperidine rings is 1. The molecular formula is C14H28N4O2. The average molecular weight is 284 g/mol. The fraction of sp³-hybridized carbons (Fsp3) is 0.857. The van der Waals surface area contributed by atoms with E-state index in [0.29, 0.717) is 5.92 Å². The molecule has 0 aromatic heterocycles. The van der Waals surface area contributed by atoms with Crippen LogP contribution in [0.3, 0.4) is 0 Å². The number of guanidine groups is 1. The van der Waals surface area contributed by atoms with Gasteiger partial charge in [0.2, 0.25) is 0 Å².